The molecule has 0 fully saturated rings. The van der Waals surface area contributed by atoms with Crippen molar-refractivity contribution in [2.75, 3.05) is 12.4 Å². The van der Waals surface area contributed by atoms with Gasteiger partial charge in [-0.2, -0.15) is 5.10 Å². The van der Waals surface area contributed by atoms with Crippen LogP contribution >= 0.6 is 0 Å². The van der Waals surface area contributed by atoms with Crippen molar-refractivity contribution in [2.24, 2.45) is 5.10 Å². The van der Waals surface area contributed by atoms with Crippen LogP contribution < -0.4 is 15.5 Å². The Labute approximate surface area is 182 Å². The number of nitrogens with one attached hydrogen (secondary N) is 2. The predicted octanol–water partition coefficient (Wildman–Crippen LogP) is 3.33. The van der Waals surface area contributed by atoms with Gasteiger partial charge in [0.2, 0.25) is 0 Å². The number of phenols is 1. The number of carbonyl (C=O) groups excluding carboxylic acids is 2. The van der Waals surface area contributed by atoms with Crippen LogP contribution in [0.15, 0.2) is 71.8 Å². The first kappa shape index (κ1) is 22.0. The van der Waals surface area contributed by atoms with Crippen LogP contribution in [0.25, 0.3) is 0 Å². The lowest BCUT2D eigenvalue weighted by Crippen LogP contribution is -2.18. The van der Waals surface area contributed by atoms with Crippen molar-refractivity contribution in [1.82, 2.24) is 5.43 Å². The fourth-order valence-corrected chi connectivity index (χ4v) is 2.71. The molecule has 3 rings (SSSR count). The van der Waals surface area contributed by atoms with E-state index in [1.54, 1.807) is 30.3 Å². The molecule has 0 radical (unpaired) electrons. The highest BCUT2D eigenvalue weighted by molar-refractivity contribution is 6.05. The summed E-state index contributed by atoms with van der Waals surface area (Å²) >= 11 is 0. The maximum atomic E-state index is 12.4. The number of aromatic hydroxyl groups is 1. The number of rotatable bonds is 7. The number of amides is 2. The van der Waals surface area contributed by atoms with E-state index in [4.69, 9.17) is 4.74 Å². The van der Waals surface area contributed by atoms with E-state index in [0.717, 1.165) is 0 Å². The van der Waals surface area contributed by atoms with Crippen LogP contribution in [-0.4, -0.2) is 35.2 Å². The zero-order valence-corrected chi connectivity index (χ0v) is 16.8. The number of carbonyl (C=O) groups is 2. The maximum absolute atomic E-state index is 12.4. The van der Waals surface area contributed by atoms with Gasteiger partial charge in [0.1, 0.15) is 0 Å². The number of hydrogen-bond acceptors (Lipinski definition) is 7. The van der Waals surface area contributed by atoms with Gasteiger partial charge in [-0.3, -0.25) is 19.7 Å². The Morgan fingerprint density at radius 2 is 1.75 bits per heavy atom. The highest BCUT2D eigenvalue weighted by Gasteiger charge is 2.11. The minimum atomic E-state index is -0.554. The Morgan fingerprint density at radius 3 is 2.44 bits per heavy atom. The third kappa shape index (κ3) is 5.25. The summed E-state index contributed by atoms with van der Waals surface area (Å²) in [6.07, 6.45) is 1.27. The van der Waals surface area contributed by atoms with E-state index in [0.29, 0.717) is 11.3 Å². The molecule has 0 spiro atoms. The van der Waals surface area contributed by atoms with Gasteiger partial charge in [-0.15, -0.1) is 0 Å². The largest absolute Gasteiger partial charge is 0.504 e. The van der Waals surface area contributed by atoms with Crippen LogP contribution in [-0.2, 0) is 0 Å². The van der Waals surface area contributed by atoms with Crippen molar-refractivity contribution in [3.8, 4) is 11.5 Å². The summed E-state index contributed by atoms with van der Waals surface area (Å²) in [5, 5.41) is 27.2. The molecule has 0 heterocycles. The second-order valence-electron chi connectivity index (χ2n) is 6.44. The van der Waals surface area contributed by atoms with Crippen molar-refractivity contribution in [3.63, 3.8) is 0 Å². The van der Waals surface area contributed by atoms with Gasteiger partial charge in [0.25, 0.3) is 17.5 Å². The zero-order valence-electron chi connectivity index (χ0n) is 16.8. The smallest absolute Gasteiger partial charge is 0.271 e. The Hall–Kier alpha value is -4.73. The summed E-state index contributed by atoms with van der Waals surface area (Å²) in [5.41, 5.74) is 3.40. The van der Waals surface area contributed by atoms with Crippen molar-refractivity contribution >= 4 is 29.4 Å². The summed E-state index contributed by atoms with van der Waals surface area (Å²) in [6, 6.07) is 16.2. The van der Waals surface area contributed by atoms with E-state index in [-0.39, 0.29) is 28.3 Å². The molecule has 0 saturated carbocycles. The Kier molecular flexibility index (Phi) is 6.76. The van der Waals surface area contributed by atoms with Crippen molar-refractivity contribution < 1.29 is 24.4 Å². The molecule has 3 N–H and O–H groups in total. The third-order valence-corrected chi connectivity index (χ3v) is 4.34. The second kappa shape index (κ2) is 9.85. The van der Waals surface area contributed by atoms with Crippen LogP contribution in [0.3, 0.4) is 0 Å². The number of phenolic OH excluding ortho intramolecular Hbond substituents is 1. The Bertz CT molecular complexity index is 1190. The molecule has 2 amide bonds. The van der Waals surface area contributed by atoms with Gasteiger partial charge >= 0.3 is 0 Å². The summed E-state index contributed by atoms with van der Waals surface area (Å²) < 4.78 is 5.01. The summed E-state index contributed by atoms with van der Waals surface area (Å²) in [7, 11) is 1.42. The van der Waals surface area contributed by atoms with E-state index in [9.17, 15) is 24.8 Å². The molecule has 0 unspecified atom stereocenters. The third-order valence-electron chi connectivity index (χ3n) is 4.34. The van der Waals surface area contributed by atoms with Gasteiger partial charge < -0.3 is 15.2 Å². The average molecular weight is 434 g/mol. The number of methoxy groups -OCH3 is 1. The topological polar surface area (TPSA) is 143 Å². The second-order valence-corrected chi connectivity index (χ2v) is 6.44. The number of non-ortho nitro benzene ring substituents is 1. The minimum absolute atomic E-state index is 0.107. The van der Waals surface area contributed by atoms with Gasteiger partial charge in [-0.25, -0.2) is 5.43 Å². The number of nitro groups is 1. The number of hydrazone groups is 1. The first-order valence-corrected chi connectivity index (χ1v) is 9.24. The van der Waals surface area contributed by atoms with Crippen molar-refractivity contribution in [1.29, 1.82) is 0 Å². The number of ether oxygens (including phenoxy) is 1. The van der Waals surface area contributed by atoms with Gasteiger partial charge in [0, 0.05) is 34.5 Å². The van der Waals surface area contributed by atoms with E-state index < -0.39 is 16.7 Å². The van der Waals surface area contributed by atoms with Crippen LogP contribution in [0.5, 0.6) is 11.5 Å². The molecule has 162 valence electrons. The fourth-order valence-electron chi connectivity index (χ4n) is 2.71. The Morgan fingerprint density at radius 1 is 1.03 bits per heavy atom. The molecule has 0 bridgehead atoms. The van der Waals surface area contributed by atoms with Gasteiger partial charge in [-0.1, -0.05) is 12.1 Å². The van der Waals surface area contributed by atoms with E-state index >= 15 is 0 Å². The molecule has 3 aromatic carbocycles. The van der Waals surface area contributed by atoms with E-state index in [1.165, 1.54) is 49.7 Å². The molecule has 0 aromatic heterocycles. The number of nitrogens with zero attached hydrogens (tertiary/aromatic N) is 2. The standard InChI is InChI=1S/C22H18N4O6/c1-32-19-7-3-5-16(20(19)27)13-23-25-22(29)15-4-2-6-17(12-15)24-21(28)14-8-10-18(11-9-14)26(30)31/h2-13,27H,1H3,(H,24,28)(H,25,29). The van der Waals surface area contributed by atoms with Crippen molar-refractivity contribution in [2.45, 2.75) is 0 Å². The molecule has 10 nitrogen and oxygen atoms in total. The highest BCUT2D eigenvalue weighted by Crippen LogP contribution is 2.27. The monoisotopic (exact) mass is 434 g/mol. The average Bonchev–Trinajstić information content (AvgIpc) is 2.80. The molecule has 0 aliphatic rings. The van der Waals surface area contributed by atoms with Crippen molar-refractivity contribution in [3.05, 3.63) is 93.5 Å². The predicted molar refractivity (Wildman–Crippen MR) is 117 cm³/mol. The van der Waals surface area contributed by atoms with Crippen LogP contribution in [0.4, 0.5) is 11.4 Å². The molecule has 10 heteroatoms. The lowest BCUT2D eigenvalue weighted by atomic mass is 10.1. The van der Waals surface area contributed by atoms with E-state index in [1.807, 2.05) is 0 Å². The molecule has 0 atom stereocenters. The SMILES string of the molecule is COc1cccc(C=NNC(=O)c2cccc(NC(=O)c3ccc([N+](=O)[O-])cc3)c2)c1O. The maximum Gasteiger partial charge on any atom is 0.271 e. The summed E-state index contributed by atoms with van der Waals surface area (Å²) in [6.45, 7) is 0. The van der Waals surface area contributed by atoms with Crippen LogP contribution in [0.2, 0.25) is 0 Å². The Balaban J connectivity index is 1.65. The summed E-state index contributed by atoms with van der Waals surface area (Å²) in [5.74, 6) is -0.847. The fraction of sp³-hybridized carbons (Fsp3) is 0.0455. The zero-order chi connectivity index (χ0) is 23.1. The molecular weight excluding hydrogens is 416 g/mol. The summed E-state index contributed by atoms with van der Waals surface area (Å²) in [4.78, 5) is 34.9. The van der Waals surface area contributed by atoms with Crippen LogP contribution in [0, 0.1) is 10.1 Å². The number of hydrogen-bond donors (Lipinski definition) is 3. The molecular formula is C22H18N4O6. The molecule has 0 saturated heterocycles. The highest BCUT2D eigenvalue weighted by atomic mass is 16.6. The first-order valence-electron chi connectivity index (χ1n) is 9.24. The quantitative estimate of drug-likeness (QED) is 0.296. The molecule has 32 heavy (non-hydrogen) atoms. The molecule has 0 aliphatic heterocycles. The lowest BCUT2D eigenvalue weighted by molar-refractivity contribution is -0.384. The first-order chi connectivity index (χ1) is 15.4. The van der Waals surface area contributed by atoms with Gasteiger partial charge in [-0.05, 0) is 42.5 Å². The number of nitro benzene ring substituents is 1. The number of anilines is 1. The molecule has 0 aliphatic carbocycles. The van der Waals surface area contributed by atoms with Gasteiger partial charge in [0.15, 0.2) is 11.5 Å². The normalized spacial score (nSPS) is 10.5. The van der Waals surface area contributed by atoms with Gasteiger partial charge in [0.05, 0.1) is 18.2 Å². The number of para-hydroxylation sites is 1. The molecule has 3 aromatic rings. The van der Waals surface area contributed by atoms with Crippen LogP contribution in [0.1, 0.15) is 26.3 Å². The minimum Gasteiger partial charge on any atom is -0.504 e. The number of benzene rings is 3. The van der Waals surface area contributed by atoms with E-state index in [2.05, 4.69) is 15.8 Å². The lowest BCUT2D eigenvalue weighted by Gasteiger charge is -2.07.